The van der Waals surface area contributed by atoms with Crippen molar-refractivity contribution in [3.05, 3.63) is 71.8 Å². The van der Waals surface area contributed by atoms with Gasteiger partial charge in [-0.05, 0) is 24.0 Å². The number of hydrogen-bond donors (Lipinski definition) is 2. The van der Waals surface area contributed by atoms with Crippen LogP contribution in [0.25, 0.3) is 0 Å². The van der Waals surface area contributed by atoms with Crippen LogP contribution in [0.5, 0.6) is 0 Å². The number of carbonyl (C=O) groups is 2. The van der Waals surface area contributed by atoms with Crippen LogP contribution in [0.4, 0.5) is 4.79 Å². The zero-order valence-corrected chi connectivity index (χ0v) is 16.4. The number of hydrogen-bond acceptors (Lipinski definition) is 4. The largest absolute Gasteiger partial charge is 0.444 e. The molecule has 2 atom stereocenters. The van der Waals surface area contributed by atoms with E-state index >= 15 is 0 Å². The lowest BCUT2D eigenvalue weighted by Crippen LogP contribution is -2.50. The topological polar surface area (TPSA) is 78.9 Å². The number of nitrogens with one attached hydrogen (secondary N) is 1. The Bertz CT molecular complexity index is 737. The summed E-state index contributed by atoms with van der Waals surface area (Å²) >= 11 is 0. The van der Waals surface area contributed by atoms with Gasteiger partial charge in [-0.15, -0.1) is 0 Å². The summed E-state index contributed by atoms with van der Waals surface area (Å²) < 4.78 is 5.28. The van der Waals surface area contributed by atoms with Gasteiger partial charge in [-0.25, -0.2) is 4.79 Å². The molecule has 0 unspecified atom stereocenters. The van der Waals surface area contributed by atoms with Crippen molar-refractivity contribution >= 4 is 12.0 Å². The Morgan fingerprint density at radius 2 is 1.61 bits per heavy atom. The highest BCUT2D eigenvalue weighted by Crippen LogP contribution is 2.17. The molecule has 0 aliphatic carbocycles. The molecule has 2 aromatic carbocycles. The van der Waals surface area contributed by atoms with Crippen molar-refractivity contribution in [2.75, 3.05) is 6.73 Å². The first-order valence-electron chi connectivity index (χ1n) is 9.54. The average molecular weight is 384 g/mol. The molecule has 0 saturated heterocycles. The Hall–Kier alpha value is -2.86. The summed E-state index contributed by atoms with van der Waals surface area (Å²) in [6, 6.07) is 17.9. The summed E-state index contributed by atoms with van der Waals surface area (Å²) in [5.41, 5.74) is 1.83. The third-order valence-corrected chi connectivity index (χ3v) is 4.58. The maximum Gasteiger partial charge on any atom is 0.412 e. The molecule has 2 rings (SSSR count). The second kappa shape index (κ2) is 11.1. The number of amides is 2. The third-order valence-electron chi connectivity index (χ3n) is 4.58. The molecule has 0 aliphatic rings. The second-order valence-corrected chi connectivity index (χ2v) is 6.46. The fourth-order valence-electron chi connectivity index (χ4n) is 3.01. The number of aliphatic hydroxyl groups excluding tert-OH is 1. The van der Waals surface area contributed by atoms with E-state index in [4.69, 9.17) is 4.74 Å². The van der Waals surface area contributed by atoms with Crippen LogP contribution in [0.2, 0.25) is 0 Å². The van der Waals surface area contributed by atoms with E-state index in [2.05, 4.69) is 5.32 Å². The average Bonchev–Trinajstić information content (AvgIpc) is 2.75. The summed E-state index contributed by atoms with van der Waals surface area (Å²) in [6.07, 6.45) is 0.350. The normalized spacial score (nSPS) is 12.7. The second-order valence-electron chi connectivity index (χ2n) is 6.46. The van der Waals surface area contributed by atoms with Crippen molar-refractivity contribution in [2.45, 2.75) is 45.4 Å². The van der Waals surface area contributed by atoms with Gasteiger partial charge in [-0.2, -0.15) is 0 Å². The van der Waals surface area contributed by atoms with Gasteiger partial charge in [0.15, 0.2) is 0 Å². The fourth-order valence-corrected chi connectivity index (χ4v) is 3.01. The van der Waals surface area contributed by atoms with E-state index in [1.165, 1.54) is 0 Å². The standard InChI is InChI=1S/C22H28N2O4/c1-3-19(18-13-9-6-10-14-18)23-21(26)20(4-2)24(16-25)22(27)28-15-17-11-7-5-8-12-17/h5-14,19-20,25H,3-4,15-16H2,1-2H3,(H,23,26)/t19-,20+/m0/s1. The molecule has 2 amide bonds. The van der Waals surface area contributed by atoms with Crippen molar-refractivity contribution in [1.29, 1.82) is 0 Å². The van der Waals surface area contributed by atoms with Crippen molar-refractivity contribution < 1.29 is 19.4 Å². The maximum absolute atomic E-state index is 12.8. The van der Waals surface area contributed by atoms with Crippen LogP contribution < -0.4 is 5.32 Å². The molecule has 6 heteroatoms. The summed E-state index contributed by atoms with van der Waals surface area (Å²) in [5, 5.41) is 12.7. The number of ether oxygens (including phenoxy) is 1. The van der Waals surface area contributed by atoms with Crippen molar-refractivity contribution in [2.24, 2.45) is 0 Å². The highest BCUT2D eigenvalue weighted by molar-refractivity contribution is 5.85. The maximum atomic E-state index is 12.8. The summed E-state index contributed by atoms with van der Waals surface area (Å²) in [4.78, 5) is 26.3. The van der Waals surface area contributed by atoms with Crippen LogP contribution in [0.1, 0.15) is 43.9 Å². The quantitative estimate of drug-likeness (QED) is 0.647. The zero-order chi connectivity index (χ0) is 20.4. The van der Waals surface area contributed by atoms with Gasteiger partial charge >= 0.3 is 6.09 Å². The molecular weight excluding hydrogens is 356 g/mol. The van der Waals surface area contributed by atoms with Crippen LogP contribution in [0.3, 0.4) is 0 Å². The Morgan fingerprint density at radius 3 is 2.14 bits per heavy atom. The number of carbonyl (C=O) groups excluding carboxylic acids is 2. The lowest BCUT2D eigenvalue weighted by molar-refractivity contribution is -0.128. The van der Waals surface area contributed by atoms with E-state index in [-0.39, 0.29) is 18.6 Å². The highest BCUT2D eigenvalue weighted by Gasteiger charge is 2.30. The molecule has 0 aliphatic heterocycles. The Kier molecular flexibility index (Phi) is 8.49. The van der Waals surface area contributed by atoms with Gasteiger partial charge in [0, 0.05) is 0 Å². The lowest BCUT2D eigenvalue weighted by atomic mass is 10.0. The molecule has 0 aromatic heterocycles. The Balaban J connectivity index is 2.02. The van der Waals surface area contributed by atoms with E-state index in [0.29, 0.717) is 12.8 Å². The molecule has 28 heavy (non-hydrogen) atoms. The van der Waals surface area contributed by atoms with Crippen LogP contribution >= 0.6 is 0 Å². The molecule has 2 N–H and O–H groups in total. The minimum atomic E-state index is -0.814. The van der Waals surface area contributed by atoms with Gasteiger partial charge in [-0.3, -0.25) is 9.69 Å². The monoisotopic (exact) mass is 384 g/mol. The first-order chi connectivity index (χ1) is 13.6. The van der Waals surface area contributed by atoms with Gasteiger partial charge in [0.05, 0.1) is 6.04 Å². The summed E-state index contributed by atoms with van der Waals surface area (Å²) in [6.45, 7) is 3.26. The number of aliphatic hydroxyl groups is 1. The van der Waals surface area contributed by atoms with Crippen LogP contribution in [0, 0.1) is 0 Å². The van der Waals surface area contributed by atoms with Crippen LogP contribution in [-0.4, -0.2) is 34.8 Å². The first-order valence-corrected chi connectivity index (χ1v) is 9.54. The van der Waals surface area contributed by atoms with Gasteiger partial charge < -0.3 is 15.2 Å². The molecule has 150 valence electrons. The smallest absolute Gasteiger partial charge is 0.412 e. The first kappa shape index (κ1) is 21.4. The van der Waals surface area contributed by atoms with E-state index in [0.717, 1.165) is 16.0 Å². The minimum Gasteiger partial charge on any atom is -0.444 e. The Morgan fingerprint density at radius 1 is 1.00 bits per heavy atom. The number of benzene rings is 2. The molecule has 0 saturated carbocycles. The molecule has 0 bridgehead atoms. The molecule has 0 radical (unpaired) electrons. The number of rotatable bonds is 9. The molecule has 0 heterocycles. The van der Waals surface area contributed by atoms with E-state index in [9.17, 15) is 14.7 Å². The SMILES string of the molecule is CC[C@H](NC(=O)[C@@H](CC)N(CO)C(=O)OCc1ccccc1)c1ccccc1. The molecule has 0 fully saturated rings. The molecular formula is C22H28N2O4. The van der Waals surface area contributed by atoms with Crippen LogP contribution in [0.15, 0.2) is 60.7 Å². The van der Waals surface area contributed by atoms with Gasteiger partial charge in [-0.1, -0.05) is 74.5 Å². The van der Waals surface area contributed by atoms with Gasteiger partial charge in [0.25, 0.3) is 0 Å². The molecule has 2 aromatic rings. The fraction of sp³-hybridized carbons (Fsp3) is 0.364. The van der Waals surface area contributed by atoms with Gasteiger partial charge in [0.2, 0.25) is 5.91 Å². The van der Waals surface area contributed by atoms with Crippen LogP contribution in [-0.2, 0) is 16.1 Å². The summed E-state index contributed by atoms with van der Waals surface area (Å²) in [5.74, 6) is -0.316. The van der Waals surface area contributed by atoms with Crippen molar-refractivity contribution in [3.8, 4) is 0 Å². The highest BCUT2D eigenvalue weighted by atomic mass is 16.6. The van der Waals surface area contributed by atoms with E-state index in [1.54, 1.807) is 6.92 Å². The van der Waals surface area contributed by atoms with E-state index in [1.807, 2.05) is 67.6 Å². The van der Waals surface area contributed by atoms with Gasteiger partial charge in [0.1, 0.15) is 19.4 Å². The molecule has 0 spiro atoms. The predicted octanol–water partition coefficient (Wildman–Crippen LogP) is 3.62. The minimum absolute atomic E-state index is 0.0792. The third kappa shape index (κ3) is 5.82. The number of nitrogens with zero attached hydrogens (tertiary/aromatic N) is 1. The molecule has 6 nitrogen and oxygen atoms in total. The zero-order valence-electron chi connectivity index (χ0n) is 16.4. The Labute approximate surface area is 166 Å². The summed E-state index contributed by atoms with van der Waals surface area (Å²) in [7, 11) is 0. The van der Waals surface area contributed by atoms with Crippen molar-refractivity contribution in [3.63, 3.8) is 0 Å². The predicted molar refractivity (Wildman–Crippen MR) is 107 cm³/mol. The lowest BCUT2D eigenvalue weighted by Gasteiger charge is -2.29. The van der Waals surface area contributed by atoms with Crippen molar-refractivity contribution in [1.82, 2.24) is 10.2 Å². The van der Waals surface area contributed by atoms with E-state index < -0.39 is 18.9 Å².